The van der Waals surface area contributed by atoms with Crippen molar-refractivity contribution >= 4 is 12.0 Å². The molecule has 0 aromatic heterocycles. The molecule has 1 aliphatic heterocycles. The summed E-state index contributed by atoms with van der Waals surface area (Å²) in [6, 6.07) is -0.180. The molecular formula is C13H25N3O3. The van der Waals surface area contributed by atoms with E-state index in [1.54, 1.807) is 0 Å². The molecule has 1 heterocycles. The Balaban J connectivity index is 2.53. The molecule has 6 nitrogen and oxygen atoms in total. The van der Waals surface area contributed by atoms with E-state index in [0.717, 1.165) is 25.9 Å². The topological polar surface area (TPSA) is 72.9 Å². The fraction of sp³-hybridized carbons (Fsp3) is 0.846. The number of urea groups is 1. The molecule has 6 heteroatoms. The summed E-state index contributed by atoms with van der Waals surface area (Å²) in [6.07, 6.45) is 2.64. The van der Waals surface area contributed by atoms with Crippen molar-refractivity contribution in [1.29, 1.82) is 0 Å². The Labute approximate surface area is 114 Å². The second-order valence-electron chi connectivity index (χ2n) is 5.40. The number of aliphatic carboxylic acids is 1. The molecule has 1 fully saturated rings. The maximum absolute atomic E-state index is 12.2. The molecule has 0 aromatic carbocycles. The molecular weight excluding hydrogens is 246 g/mol. The minimum absolute atomic E-state index is 0.0194. The van der Waals surface area contributed by atoms with Gasteiger partial charge >= 0.3 is 12.0 Å². The lowest BCUT2D eigenvalue weighted by Crippen LogP contribution is -2.49. The normalized spacial score (nSPS) is 20.6. The molecule has 0 spiro atoms. The summed E-state index contributed by atoms with van der Waals surface area (Å²) in [6.45, 7) is 3.49. The second kappa shape index (κ2) is 7.33. The van der Waals surface area contributed by atoms with E-state index >= 15 is 0 Å². The minimum atomic E-state index is -0.876. The molecule has 0 bridgehead atoms. The third kappa shape index (κ3) is 5.06. The summed E-state index contributed by atoms with van der Waals surface area (Å²) >= 11 is 0. The van der Waals surface area contributed by atoms with Gasteiger partial charge in [0.1, 0.15) is 0 Å². The number of likely N-dealkylation sites (tertiary alicyclic amines) is 1. The highest BCUT2D eigenvalue weighted by Gasteiger charge is 2.30. The third-order valence-electron chi connectivity index (χ3n) is 3.46. The molecule has 1 aliphatic rings. The molecule has 2 amide bonds. The third-order valence-corrected chi connectivity index (χ3v) is 3.46. The van der Waals surface area contributed by atoms with Crippen molar-refractivity contribution in [3.63, 3.8) is 0 Å². The molecule has 0 aliphatic carbocycles. The van der Waals surface area contributed by atoms with Gasteiger partial charge < -0.3 is 20.2 Å². The van der Waals surface area contributed by atoms with Gasteiger partial charge in [-0.2, -0.15) is 0 Å². The highest BCUT2D eigenvalue weighted by Crippen LogP contribution is 2.18. The number of hydrogen-bond donors (Lipinski definition) is 2. The zero-order chi connectivity index (χ0) is 14.4. The average Bonchev–Trinajstić information content (AvgIpc) is 2.74. The van der Waals surface area contributed by atoms with Crippen molar-refractivity contribution in [2.45, 2.75) is 44.7 Å². The first-order valence-corrected chi connectivity index (χ1v) is 6.87. The fourth-order valence-electron chi connectivity index (χ4n) is 2.48. The molecule has 0 aromatic rings. The predicted octanol–water partition coefficient (Wildman–Crippen LogP) is 0.975. The molecule has 2 atom stereocenters. The van der Waals surface area contributed by atoms with Crippen LogP contribution in [-0.4, -0.2) is 66.2 Å². The van der Waals surface area contributed by atoms with Gasteiger partial charge in [-0.05, 0) is 33.4 Å². The van der Waals surface area contributed by atoms with E-state index in [4.69, 9.17) is 5.11 Å². The van der Waals surface area contributed by atoms with Gasteiger partial charge in [-0.3, -0.25) is 4.79 Å². The van der Waals surface area contributed by atoms with Gasteiger partial charge in [0.25, 0.3) is 0 Å². The van der Waals surface area contributed by atoms with Gasteiger partial charge in [-0.1, -0.05) is 6.92 Å². The van der Waals surface area contributed by atoms with Crippen molar-refractivity contribution in [3.05, 3.63) is 0 Å². The quantitative estimate of drug-likeness (QED) is 0.755. The molecule has 0 radical (unpaired) electrons. The van der Waals surface area contributed by atoms with Crippen molar-refractivity contribution < 1.29 is 14.7 Å². The number of likely N-dealkylation sites (N-methyl/N-ethyl adjacent to an activating group) is 1. The fourth-order valence-corrected chi connectivity index (χ4v) is 2.48. The smallest absolute Gasteiger partial charge is 0.317 e. The van der Waals surface area contributed by atoms with E-state index in [1.807, 2.05) is 25.9 Å². The Bertz CT molecular complexity index is 320. The van der Waals surface area contributed by atoms with Gasteiger partial charge in [0, 0.05) is 25.2 Å². The van der Waals surface area contributed by atoms with Crippen molar-refractivity contribution in [2.24, 2.45) is 0 Å². The monoisotopic (exact) mass is 271 g/mol. The summed E-state index contributed by atoms with van der Waals surface area (Å²) in [4.78, 5) is 26.8. The van der Waals surface area contributed by atoms with Crippen LogP contribution in [0.1, 0.15) is 32.6 Å². The summed E-state index contributed by atoms with van der Waals surface area (Å²) in [5.41, 5.74) is 0. The lowest BCUT2D eigenvalue weighted by atomic mass is 10.1. The molecule has 2 unspecified atom stereocenters. The Morgan fingerprint density at radius 2 is 2.16 bits per heavy atom. The first-order chi connectivity index (χ1) is 8.93. The Kier molecular flexibility index (Phi) is 6.08. The van der Waals surface area contributed by atoms with Gasteiger partial charge in [0.05, 0.1) is 6.42 Å². The van der Waals surface area contributed by atoms with Crippen LogP contribution in [0.3, 0.4) is 0 Å². The maximum atomic E-state index is 12.2. The lowest BCUT2D eigenvalue weighted by molar-refractivity contribution is -0.137. The summed E-state index contributed by atoms with van der Waals surface area (Å²) in [5.74, 6) is -0.876. The number of nitrogens with one attached hydrogen (secondary N) is 1. The molecule has 2 N–H and O–H groups in total. The zero-order valence-electron chi connectivity index (χ0n) is 12.1. The van der Waals surface area contributed by atoms with Gasteiger partial charge in [-0.15, -0.1) is 0 Å². The van der Waals surface area contributed by atoms with Crippen LogP contribution in [0.4, 0.5) is 4.79 Å². The van der Waals surface area contributed by atoms with E-state index in [2.05, 4.69) is 10.2 Å². The largest absolute Gasteiger partial charge is 0.481 e. The molecule has 1 saturated heterocycles. The molecule has 0 saturated carbocycles. The van der Waals surface area contributed by atoms with Crippen LogP contribution in [0.15, 0.2) is 0 Å². The number of nitrogens with zero attached hydrogens (tertiary/aromatic N) is 2. The first kappa shape index (κ1) is 15.8. The number of hydrogen-bond acceptors (Lipinski definition) is 3. The molecule has 1 rings (SSSR count). The molecule has 110 valence electrons. The Morgan fingerprint density at radius 3 is 2.68 bits per heavy atom. The van der Waals surface area contributed by atoms with Crippen molar-refractivity contribution in [2.75, 3.05) is 27.2 Å². The van der Waals surface area contributed by atoms with E-state index < -0.39 is 5.97 Å². The van der Waals surface area contributed by atoms with Gasteiger partial charge in [0.15, 0.2) is 0 Å². The summed E-state index contributed by atoms with van der Waals surface area (Å²) in [5, 5.41) is 11.6. The van der Waals surface area contributed by atoms with E-state index in [9.17, 15) is 9.59 Å². The first-order valence-electron chi connectivity index (χ1n) is 6.87. The van der Waals surface area contributed by atoms with E-state index in [-0.39, 0.29) is 24.5 Å². The van der Waals surface area contributed by atoms with E-state index in [1.165, 1.54) is 0 Å². The van der Waals surface area contributed by atoms with Gasteiger partial charge in [-0.25, -0.2) is 4.79 Å². The Morgan fingerprint density at radius 1 is 1.47 bits per heavy atom. The SMILES string of the molecule is CCC(CC(=O)O)NC(=O)N1CCCC1CN(C)C. The number of rotatable bonds is 6. The van der Waals surface area contributed by atoms with Crippen molar-refractivity contribution in [3.8, 4) is 0 Å². The van der Waals surface area contributed by atoms with Crippen LogP contribution in [0.5, 0.6) is 0 Å². The zero-order valence-corrected chi connectivity index (χ0v) is 12.1. The van der Waals surface area contributed by atoms with Crippen LogP contribution in [0.25, 0.3) is 0 Å². The van der Waals surface area contributed by atoms with Crippen LogP contribution in [0, 0.1) is 0 Å². The number of carbonyl (C=O) groups is 2. The van der Waals surface area contributed by atoms with Gasteiger partial charge in [0.2, 0.25) is 0 Å². The predicted molar refractivity (Wildman–Crippen MR) is 73.1 cm³/mol. The highest BCUT2D eigenvalue weighted by molar-refractivity contribution is 5.76. The van der Waals surface area contributed by atoms with Crippen LogP contribution in [-0.2, 0) is 4.79 Å². The highest BCUT2D eigenvalue weighted by atomic mass is 16.4. The lowest BCUT2D eigenvalue weighted by Gasteiger charge is -2.29. The number of carboxylic acids is 1. The minimum Gasteiger partial charge on any atom is -0.481 e. The standard InChI is InChI=1S/C13H25N3O3/c1-4-10(8-12(17)18)14-13(19)16-7-5-6-11(16)9-15(2)3/h10-11H,4-9H2,1-3H3,(H,14,19)(H,17,18). The van der Waals surface area contributed by atoms with E-state index in [0.29, 0.717) is 6.42 Å². The number of carbonyl (C=O) groups excluding carboxylic acids is 1. The summed E-state index contributed by atoms with van der Waals surface area (Å²) < 4.78 is 0. The van der Waals surface area contributed by atoms with Crippen LogP contribution < -0.4 is 5.32 Å². The maximum Gasteiger partial charge on any atom is 0.317 e. The Hall–Kier alpha value is -1.30. The van der Waals surface area contributed by atoms with Crippen molar-refractivity contribution in [1.82, 2.24) is 15.1 Å². The molecule has 19 heavy (non-hydrogen) atoms. The van der Waals surface area contributed by atoms with Crippen LogP contribution >= 0.6 is 0 Å². The summed E-state index contributed by atoms with van der Waals surface area (Å²) in [7, 11) is 3.99. The number of amides is 2. The second-order valence-corrected chi connectivity index (χ2v) is 5.40. The number of carboxylic acid groups (broad SMARTS) is 1. The average molecular weight is 271 g/mol. The van der Waals surface area contributed by atoms with Crippen LogP contribution in [0.2, 0.25) is 0 Å².